The molecule has 0 aliphatic heterocycles. The minimum atomic E-state index is -0.852. The third kappa shape index (κ3) is 3.20. The number of hydrogen-bond acceptors (Lipinski definition) is 8. The Labute approximate surface area is 140 Å². The molecule has 0 atom stereocenters. The largest absolute Gasteiger partial charge is 0.450 e. The van der Waals surface area contributed by atoms with Crippen molar-refractivity contribution in [2.24, 2.45) is 0 Å². The first kappa shape index (κ1) is 16.2. The predicted molar refractivity (Wildman–Crippen MR) is 86.2 cm³/mol. The van der Waals surface area contributed by atoms with E-state index in [1.807, 2.05) is 0 Å². The van der Waals surface area contributed by atoms with E-state index in [1.165, 1.54) is 6.20 Å². The summed E-state index contributed by atoms with van der Waals surface area (Å²) in [6.45, 7) is 1.53. The van der Waals surface area contributed by atoms with E-state index in [0.29, 0.717) is 0 Å². The van der Waals surface area contributed by atoms with Crippen molar-refractivity contribution >= 4 is 34.6 Å². The first-order valence-electron chi connectivity index (χ1n) is 7.26. The van der Waals surface area contributed by atoms with Crippen molar-refractivity contribution in [3.05, 3.63) is 34.9 Å². The monoisotopic (exact) mass is 346 g/mol. The SMILES string of the molecule is CCOC(=O)Nc1cnn(CC(=O)n2c(=O)oc3c(N)cccc32)n1. The van der Waals surface area contributed by atoms with Crippen LogP contribution in [0.1, 0.15) is 11.7 Å². The third-order valence-electron chi connectivity index (χ3n) is 3.21. The summed E-state index contributed by atoms with van der Waals surface area (Å²) in [4.78, 5) is 36.7. The zero-order chi connectivity index (χ0) is 18.0. The van der Waals surface area contributed by atoms with Gasteiger partial charge in [0.1, 0.15) is 12.1 Å². The summed E-state index contributed by atoms with van der Waals surface area (Å²) in [6.07, 6.45) is 0.562. The number of anilines is 2. The molecule has 3 rings (SSSR count). The number of para-hydroxylation sites is 1. The second-order valence-corrected chi connectivity index (χ2v) is 4.90. The lowest BCUT2D eigenvalue weighted by Gasteiger charge is -2.02. The lowest BCUT2D eigenvalue weighted by molar-refractivity contribution is 0.0877. The highest BCUT2D eigenvalue weighted by Crippen LogP contribution is 2.19. The van der Waals surface area contributed by atoms with Crippen molar-refractivity contribution in [2.45, 2.75) is 13.5 Å². The van der Waals surface area contributed by atoms with Gasteiger partial charge in [-0.2, -0.15) is 9.90 Å². The molecule has 0 bridgehead atoms. The normalized spacial score (nSPS) is 10.8. The molecule has 25 heavy (non-hydrogen) atoms. The first-order valence-corrected chi connectivity index (χ1v) is 7.26. The van der Waals surface area contributed by atoms with E-state index in [4.69, 9.17) is 14.9 Å². The molecule has 2 heterocycles. The number of aromatic nitrogens is 4. The van der Waals surface area contributed by atoms with E-state index in [2.05, 4.69) is 15.5 Å². The van der Waals surface area contributed by atoms with Crippen LogP contribution in [-0.4, -0.2) is 38.2 Å². The predicted octanol–water partition coefficient (Wildman–Crippen LogP) is 0.677. The average Bonchev–Trinajstić information content (AvgIpc) is 3.12. The Morgan fingerprint density at radius 2 is 2.20 bits per heavy atom. The highest BCUT2D eigenvalue weighted by Gasteiger charge is 2.18. The zero-order valence-electron chi connectivity index (χ0n) is 13.1. The van der Waals surface area contributed by atoms with Gasteiger partial charge < -0.3 is 14.9 Å². The van der Waals surface area contributed by atoms with Gasteiger partial charge in [-0.1, -0.05) is 6.07 Å². The van der Waals surface area contributed by atoms with Gasteiger partial charge in [0.15, 0.2) is 11.4 Å². The molecular formula is C14H14N6O5. The maximum atomic E-state index is 12.4. The van der Waals surface area contributed by atoms with Gasteiger partial charge in [0.2, 0.25) is 0 Å². The molecule has 0 saturated heterocycles. The summed E-state index contributed by atoms with van der Waals surface area (Å²) in [5.41, 5.74) is 6.37. The fourth-order valence-corrected chi connectivity index (χ4v) is 2.19. The highest BCUT2D eigenvalue weighted by atomic mass is 16.5. The van der Waals surface area contributed by atoms with Crippen molar-refractivity contribution in [3.63, 3.8) is 0 Å². The summed E-state index contributed by atoms with van der Waals surface area (Å²) in [5, 5.41) is 10.1. The fourth-order valence-electron chi connectivity index (χ4n) is 2.19. The van der Waals surface area contributed by atoms with Crippen molar-refractivity contribution in [1.82, 2.24) is 19.6 Å². The molecule has 0 saturated carbocycles. The van der Waals surface area contributed by atoms with Crippen LogP contribution in [0.5, 0.6) is 0 Å². The molecule has 0 aliphatic carbocycles. The minimum Gasteiger partial charge on any atom is -0.450 e. The highest BCUT2D eigenvalue weighted by molar-refractivity contribution is 5.93. The van der Waals surface area contributed by atoms with E-state index >= 15 is 0 Å². The van der Waals surface area contributed by atoms with Gasteiger partial charge in [-0.25, -0.2) is 14.2 Å². The van der Waals surface area contributed by atoms with Gasteiger partial charge in [0.25, 0.3) is 5.91 Å². The molecule has 0 radical (unpaired) electrons. The molecule has 130 valence electrons. The van der Waals surface area contributed by atoms with Crippen LogP contribution < -0.4 is 16.8 Å². The molecule has 3 N–H and O–H groups in total. The molecule has 0 fully saturated rings. The molecule has 0 aliphatic rings. The van der Waals surface area contributed by atoms with Crippen molar-refractivity contribution in [3.8, 4) is 0 Å². The van der Waals surface area contributed by atoms with Crippen LogP contribution in [0, 0.1) is 0 Å². The Balaban J connectivity index is 1.81. The first-order chi connectivity index (χ1) is 12.0. The zero-order valence-corrected chi connectivity index (χ0v) is 13.1. The van der Waals surface area contributed by atoms with Crippen molar-refractivity contribution in [2.75, 3.05) is 17.7 Å². The Morgan fingerprint density at radius 3 is 2.96 bits per heavy atom. The number of oxazole rings is 1. The van der Waals surface area contributed by atoms with Gasteiger partial charge in [-0.15, -0.1) is 5.10 Å². The number of ether oxygens (including phenoxy) is 1. The summed E-state index contributed by atoms with van der Waals surface area (Å²) in [5.74, 6) is -1.36. The standard InChI is InChI=1S/C14H14N6O5/c1-2-24-13(22)17-10-6-16-19(18-10)7-11(21)20-9-5-3-4-8(15)12(9)25-14(20)23/h3-6H,2,7,15H2,1H3,(H,17,18,22). The molecule has 0 unspecified atom stereocenters. The van der Waals surface area contributed by atoms with E-state index in [1.54, 1.807) is 25.1 Å². The number of amides is 1. The van der Waals surface area contributed by atoms with E-state index < -0.39 is 17.8 Å². The number of fused-ring (bicyclic) bond motifs is 1. The minimum absolute atomic E-state index is 0.111. The number of hydrogen-bond donors (Lipinski definition) is 2. The second-order valence-electron chi connectivity index (χ2n) is 4.90. The maximum Gasteiger partial charge on any atom is 0.427 e. The molecule has 2 aromatic heterocycles. The molecule has 11 nitrogen and oxygen atoms in total. The van der Waals surface area contributed by atoms with Crippen molar-refractivity contribution < 1.29 is 18.7 Å². The van der Waals surface area contributed by atoms with Crippen LogP contribution in [0.3, 0.4) is 0 Å². The fraction of sp³-hybridized carbons (Fsp3) is 0.214. The molecule has 3 aromatic rings. The number of rotatable bonds is 4. The summed E-state index contributed by atoms with van der Waals surface area (Å²) in [7, 11) is 0. The number of nitrogens with one attached hydrogen (secondary N) is 1. The van der Waals surface area contributed by atoms with Crippen LogP contribution in [0.2, 0.25) is 0 Å². The van der Waals surface area contributed by atoms with Crippen LogP contribution in [0.25, 0.3) is 11.1 Å². The lowest BCUT2D eigenvalue weighted by atomic mass is 10.3. The third-order valence-corrected chi connectivity index (χ3v) is 3.21. The molecule has 1 amide bonds. The van der Waals surface area contributed by atoms with Crippen molar-refractivity contribution in [1.29, 1.82) is 0 Å². The second kappa shape index (κ2) is 6.47. The molecule has 1 aromatic carbocycles. The Kier molecular flexibility index (Phi) is 4.20. The lowest BCUT2D eigenvalue weighted by Crippen LogP contribution is -2.27. The summed E-state index contributed by atoms with van der Waals surface area (Å²) < 4.78 is 10.6. The van der Waals surface area contributed by atoms with Crippen LogP contribution in [-0.2, 0) is 11.3 Å². The quantitative estimate of drug-likeness (QED) is 0.655. The number of benzene rings is 1. The van der Waals surface area contributed by atoms with Gasteiger partial charge in [-0.3, -0.25) is 10.1 Å². The number of nitrogens with zero attached hydrogens (tertiary/aromatic N) is 4. The van der Waals surface area contributed by atoms with Crippen LogP contribution in [0.15, 0.2) is 33.6 Å². The number of nitrogen functional groups attached to an aromatic ring is 1. The molecule has 0 spiro atoms. The smallest absolute Gasteiger partial charge is 0.427 e. The van der Waals surface area contributed by atoms with E-state index in [-0.39, 0.29) is 35.8 Å². The number of carbonyl (C=O) groups excluding carboxylic acids is 2. The average molecular weight is 346 g/mol. The topological polar surface area (TPSA) is 147 Å². The number of carbonyl (C=O) groups is 2. The maximum absolute atomic E-state index is 12.4. The summed E-state index contributed by atoms with van der Waals surface area (Å²) in [6, 6.07) is 4.70. The van der Waals surface area contributed by atoms with Crippen LogP contribution >= 0.6 is 0 Å². The van der Waals surface area contributed by atoms with Gasteiger partial charge in [-0.05, 0) is 19.1 Å². The van der Waals surface area contributed by atoms with E-state index in [9.17, 15) is 14.4 Å². The Morgan fingerprint density at radius 1 is 1.40 bits per heavy atom. The Bertz CT molecular complexity index is 1000. The van der Waals surface area contributed by atoms with Crippen LogP contribution in [0.4, 0.5) is 16.3 Å². The van der Waals surface area contributed by atoms with Gasteiger partial charge in [0.05, 0.1) is 18.5 Å². The molecule has 11 heteroatoms. The van der Waals surface area contributed by atoms with Gasteiger partial charge in [0, 0.05) is 0 Å². The number of nitrogens with two attached hydrogens (primary N) is 1. The Hall–Kier alpha value is -3.63. The summed E-state index contributed by atoms with van der Waals surface area (Å²) >= 11 is 0. The van der Waals surface area contributed by atoms with E-state index in [0.717, 1.165) is 9.36 Å². The molecular weight excluding hydrogens is 332 g/mol. The van der Waals surface area contributed by atoms with Gasteiger partial charge >= 0.3 is 11.8 Å².